The number of nitrogens with one attached hydrogen (secondary N) is 2. The first-order valence-electron chi connectivity index (χ1n) is 12.9. The summed E-state index contributed by atoms with van der Waals surface area (Å²) < 4.78 is 41.7. The van der Waals surface area contributed by atoms with Crippen molar-refractivity contribution in [1.29, 1.82) is 0 Å². The Kier molecular flexibility index (Phi) is 7.23. The molecule has 0 atom stereocenters. The minimum absolute atomic E-state index is 0.0873. The molecule has 198 valence electrons. The van der Waals surface area contributed by atoms with Gasteiger partial charge in [0.1, 0.15) is 22.8 Å². The van der Waals surface area contributed by atoms with Crippen LogP contribution in [0.25, 0.3) is 11.2 Å². The van der Waals surface area contributed by atoms with E-state index >= 15 is 0 Å². The van der Waals surface area contributed by atoms with Gasteiger partial charge in [-0.3, -0.25) is 9.36 Å². The Morgan fingerprint density at radius 3 is 2.54 bits per heavy atom. The summed E-state index contributed by atoms with van der Waals surface area (Å²) in [5.41, 5.74) is 0.225. The van der Waals surface area contributed by atoms with Gasteiger partial charge in [-0.25, -0.2) is 18.7 Å². The number of halogens is 2. The zero-order valence-corrected chi connectivity index (χ0v) is 21.1. The van der Waals surface area contributed by atoms with E-state index in [0.29, 0.717) is 62.6 Å². The topological polar surface area (TPSA) is 103 Å². The molecule has 0 spiro atoms. The summed E-state index contributed by atoms with van der Waals surface area (Å²) in [6, 6.07) is 3.82. The molecule has 0 bridgehead atoms. The van der Waals surface area contributed by atoms with Gasteiger partial charge in [0.2, 0.25) is 11.9 Å². The number of para-hydroxylation sites is 1. The number of anilines is 3. The molecule has 0 radical (unpaired) electrons. The number of hydrogen-bond donors (Lipinski definition) is 2. The third-order valence-electron chi connectivity index (χ3n) is 7.38. The highest BCUT2D eigenvalue weighted by Crippen LogP contribution is 2.44. The molecule has 1 aliphatic heterocycles. The van der Waals surface area contributed by atoms with Crippen LogP contribution < -0.4 is 10.6 Å². The molecule has 11 heteroatoms. The van der Waals surface area contributed by atoms with Gasteiger partial charge in [0, 0.05) is 25.3 Å². The van der Waals surface area contributed by atoms with Crippen molar-refractivity contribution in [3.05, 3.63) is 36.0 Å². The number of hydrogen-bond acceptors (Lipinski definition) is 8. The lowest BCUT2D eigenvalue weighted by molar-refractivity contribution is -0.156. The van der Waals surface area contributed by atoms with E-state index in [1.54, 1.807) is 13.1 Å². The zero-order valence-electron chi connectivity index (χ0n) is 21.1. The van der Waals surface area contributed by atoms with Crippen LogP contribution in [0, 0.1) is 17.0 Å². The smallest absolute Gasteiger partial charge is 0.311 e. The van der Waals surface area contributed by atoms with Crippen molar-refractivity contribution >= 4 is 34.7 Å². The molecular formula is C26H32F2N6O3. The predicted octanol–water partition coefficient (Wildman–Crippen LogP) is 5.12. The molecule has 5 rings (SSSR count). The normalized spacial score (nSPS) is 22.6. The van der Waals surface area contributed by atoms with Crippen molar-refractivity contribution in [1.82, 2.24) is 19.5 Å². The molecule has 0 unspecified atom stereocenters. The van der Waals surface area contributed by atoms with Crippen molar-refractivity contribution in [2.24, 2.45) is 5.41 Å². The van der Waals surface area contributed by atoms with Gasteiger partial charge < -0.3 is 20.1 Å². The Morgan fingerprint density at radius 2 is 1.86 bits per heavy atom. The Morgan fingerprint density at radius 1 is 1.16 bits per heavy atom. The monoisotopic (exact) mass is 514 g/mol. The van der Waals surface area contributed by atoms with Gasteiger partial charge in [-0.15, -0.1) is 0 Å². The van der Waals surface area contributed by atoms with Gasteiger partial charge in [0.15, 0.2) is 5.65 Å². The van der Waals surface area contributed by atoms with E-state index < -0.39 is 17.0 Å². The molecule has 2 N–H and O–H groups in total. The van der Waals surface area contributed by atoms with Gasteiger partial charge in [-0.1, -0.05) is 6.07 Å². The lowest BCUT2D eigenvalue weighted by Crippen LogP contribution is -2.35. The van der Waals surface area contributed by atoms with E-state index in [-0.39, 0.29) is 29.7 Å². The maximum absolute atomic E-state index is 14.5. The van der Waals surface area contributed by atoms with Crippen molar-refractivity contribution < 1.29 is 23.0 Å². The largest absolute Gasteiger partial charge is 0.466 e. The first-order chi connectivity index (χ1) is 17.9. The van der Waals surface area contributed by atoms with Crippen LogP contribution >= 0.6 is 0 Å². The molecule has 2 aliphatic rings. The summed E-state index contributed by atoms with van der Waals surface area (Å²) >= 11 is 0. The number of benzene rings is 1. The Labute approximate surface area is 214 Å². The quantitative estimate of drug-likeness (QED) is 0.419. The van der Waals surface area contributed by atoms with Crippen LogP contribution in [0.15, 0.2) is 24.4 Å². The number of carbonyl (C=O) groups excluding carboxylic acids is 1. The Balaban J connectivity index is 1.49. The number of aromatic nitrogens is 4. The molecule has 1 aliphatic carbocycles. The lowest BCUT2D eigenvalue weighted by atomic mass is 9.74. The number of carbonyl (C=O) groups is 1. The van der Waals surface area contributed by atoms with Gasteiger partial charge in [-0.05, 0) is 64.5 Å². The number of imidazole rings is 1. The predicted molar refractivity (Wildman–Crippen MR) is 135 cm³/mol. The van der Waals surface area contributed by atoms with Gasteiger partial charge in [-0.2, -0.15) is 4.98 Å². The molecule has 1 saturated heterocycles. The van der Waals surface area contributed by atoms with Crippen molar-refractivity contribution in [2.75, 3.05) is 30.5 Å². The summed E-state index contributed by atoms with van der Waals surface area (Å²) in [6.07, 6.45) is 5.87. The maximum Gasteiger partial charge on any atom is 0.311 e. The summed E-state index contributed by atoms with van der Waals surface area (Å²) in [5, 5.41) is 6.24. The molecular weight excluding hydrogens is 482 g/mol. The highest BCUT2D eigenvalue weighted by molar-refractivity contribution is 5.78. The lowest BCUT2D eigenvalue weighted by Gasteiger charge is -2.36. The highest BCUT2D eigenvalue weighted by Gasteiger charge is 2.40. The zero-order chi connectivity index (χ0) is 26.0. The van der Waals surface area contributed by atoms with E-state index in [2.05, 4.69) is 20.6 Å². The van der Waals surface area contributed by atoms with Crippen molar-refractivity contribution in [3.8, 4) is 0 Å². The third-order valence-corrected chi connectivity index (χ3v) is 7.38. The second-order valence-corrected chi connectivity index (χ2v) is 9.97. The minimum Gasteiger partial charge on any atom is -0.466 e. The molecule has 1 saturated carbocycles. The molecule has 9 nitrogen and oxygen atoms in total. The summed E-state index contributed by atoms with van der Waals surface area (Å²) in [5.74, 6) is -0.881. The maximum atomic E-state index is 14.5. The molecule has 1 aromatic carbocycles. The van der Waals surface area contributed by atoms with E-state index in [0.717, 1.165) is 12.8 Å². The average molecular weight is 515 g/mol. The van der Waals surface area contributed by atoms with Crippen molar-refractivity contribution in [2.45, 2.75) is 64.5 Å². The fourth-order valence-corrected chi connectivity index (χ4v) is 5.16. The fraction of sp³-hybridized carbons (Fsp3) is 0.538. The van der Waals surface area contributed by atoms with Crippen LogP contribution in [0.2, 0.25) is 0 Å². The van der Waals surface area contributed by atoms with Crippen LogP contribution in [0.3, 0.4) is 0 Å². The standard InChI is InChI=1S/C26H32F2N6O3/c1-3-37-23(35)26(2)11-7-17(8-12-26)34-22-20(15-29-24(33-22)30-16-9-13-36-14-10-16)31-25(34)32-21-18(27)5-4-6-19(21)28/h4-6,15-17H,3,7-14H2,1-2H3,(H,31,32)(H,29,30,33). The first-order valence-corrected chi connectivity index (χ1v) is 12.9. The van der Waals surface area contributed by atoms with E-state index in [9.17, 15) is 13.6 Å². The van der Waals surface area contributed by atoms with Crippen molar-refractivity contribution in [3.63, 3.8) is 0 Å². The number of ether oxygens (including phenoxy) is 2. The van der Waals surface area contributed by atoms with Crippen LogP contribution in [0.4, 0.5) is 26.4 Å². The molecule has 3 heterocycles. The Hall–Kier alpha value is -3.34. The summed E-state index contributed by atoms with van der Waals surface area (Å²) in [7, 11) is 0. The van der Waals surface area contributed by atoms with Gasteiger partial charge >= 0.3 is 5.97 Å². The molecule has 0 amide bonds. The molecule has 37 heavy (non-hydrogen) atoms. The number of fused-ring (bicyclic) bond motifs is 1. The number of rotatable bonds is 7. The average Bonchev–Trinajstić information content (AvgIpc) is 3.25. The molecule has 2 fully saturated rings. The van der Waals surface area contributed by atoms with E-state index in [1.165, 1.54) is 18.2 Å². The number of esters is 1. The molecule has 2 aromatic heterocycles. The summed E-state index contributed by atoms with van der Waals surface area (Å²) in [6.45, 7) is 5.43. The van der Waals surface area contributed by atoms with Crippen LogP contribution in [-0.4, -0.2) is 51.4 Å². The Bertz CT molecular complexity index is 1250. The van der Waals surface area contributed by atoms with E-state index in [4.69, 9.17) is 14.5 Å². The second kappa shape index (κ2) is 10.6. The number of nitrogens with zero attached hydrogens (tertiary/aromatic N) is 4. The fourth-order valence-electron chi connectivity index (χ4n) is 5.16. The second-order valence-electron chi connectivity index (χ2n) is 9.97. The van der Waals surface area contributed by atoms with Gasteiger partial charge in [0.05, 0.1) is 18.2 Å². The van der Waals surface area contributed by atoms with Gasteiger partial charge in [0.25, 0.3) is 0 Å². The van der Waals surface area contributed by atoms with Crippen LogP contribution in [-0.2, 0) is 14.3 Å². The highest BCUT2D eigenvalue weighted by atomic mass is 19.1. The SMILES string of the molecule is CCOC(=O)C1(C)CCC(n2c(Nc3c(F)cccc3F)nc3cnc(NC4CCOCC4)nc32)CC1. The van der Waals surface area contributed by atoms with Crippen LogP contribution in [0.1, 0.15) is 58.4 Å². The first kappa shape index (κ1) is 25.3. The third kappa shape index (κ3) is 5.22. The van der Waals surface area contributed by atoms with E-state index in [1.807, 2.05) is 11.5 Å². The summed E-state index contributed by atoms with van der Waals surface area (Å²) in [4.78, 5) is 26.4. The molecule has 3 aromatic rings. The van der Waals surface area contributed by atoms with Crippen LogP contribution in [0.5, 0.6) is 0 Å². The minimum atomic E-state index is -0.718.